The summed E-state index contributed by atoms with van der Waals surface area (Å²) in [5.41, 5.74) is 1.18. The minimum atomic E-state index is 0. The molecule has 0 unspecified atom stereocenters. The molecule has 19 heavy (non-hydrogen) atoms. The molecule has 0 bridgehead atoms. The van der Waals surface area contributed by atoms with E-state index >= 15 is 0 Å². The predicted octanol–water partition coefficient (Wildman–Crippen LogP) is 2.38. The summed E-state index contributed by atoms with van der Waals surface area (Å²) in [6, 6.07) is 5.93. The first-order valence-corrected chi connectivity index (χ1v) is 6.34. The van der Waals surface area contributed by atoms with Gasteiger partial charge in [-0.2, -0.15) is 0 Å². The lowest BCUT2D eigenvalue weighted by atomic mass is 10.2. The molecular formula is C14H24ClNO3. The molecule has 4 nitrogen and oxygen atoms in total. The second-order valence-corrected chi connectivity index (χ2v) is 4.15. The highest BCUT2D eigenvalue weighted by Gasteiger charge is 2.03. The summed E-state index contributed by atoms with van der Waals surface area (Å²) in [6.07, 6.45) is 3.04. The lowest BCUT2D eigenvalue weighted by Crippen LogP contribution is -2.14. The Morgan fingerprint density at radius 3 is 2.42 bits per heavy atom. The van der Waals surface area contributed by atoms with Crippen LogP contribution in [0.3, 0.4) is 0 Å². The summed E-state index contributed by atoms with van der Waals surface area (Å²) in [5, 5.41) is 12.0. The normalized spacial score (nSPS) is 9.84. The van der Waals surface area contributed by atoms with Crippen molar-refractivity contribution in [3.63, 3.8) is 0 Å². The van der Waals surface area contributed by atoms with Gasteiger partial charge in [-0.1, -0.05) is 6.07 Å². The summed E-state index contributed by atoms with van der Waals surface area (Å²) in [5.74, 6) is 1.52. The first kappa shape index (κ1) is 18.0. The molecule has 1 rings (SSSR count). The molecule has 0 aromatic heterocycles. The maximum Gasteiger partial charge on any atom is 0.161 e. The van der Waals surface area contributed by atoms with E-state index in [0.717, 1.165) is 43.9 Å². The van der Waals surface area contributed by atoms with Crippen LogP contribution in [0.2, 0.25) is 0 Å². The van der Waals surface area contributed by atoms with Crippen LogP contribution in [0.5, 0.6) is 11.5 Å². The third-order valence-electron chi connectivity index (χ3n) is 2.79. The minimum absolute atomic E-state index is 0. The highest BCUT2D eigenvalue weighted by molar-refractivity contribution is 5.85. The Morgan fingerprint density at radius 2 is 1.79 bits per heavy atom. The van der Waals surface area contributed by atoms with E-state index in [1.54, 1.807) is 14.2 Å². The van der Waals surface area contributed by atoms with Crippen molar-refractivity contribution in [3.8, 4) is 11.5 Å². The second-order valence-electron chi connectivity index (χ2n) is 4.15. The van der Waals surface area contributed by atoms with E-state index < -0.39 is 0 Å². The number of nitrogens with one attached hydrogen (secondary N) is 1. The zero-order valence-corrected chi connectivity index (χ0v) is 12.5. The molecule has 1 aromatic rings. The molecule has 0 aliphatic heterocycles. The number of hydrogen-bond donors (Lipinski definition) is 2. The van der Waals surface area contributed by atoms with Crippen molar-refractivity contribution in [1.29, 1.82) is 0 Å². The largest absolute Gasteiger partial charge is 0.493 e. The van der Waals surface area contributed by atoms with Gasteiger partial charge in [0.15, 0.2) is 11.5 Å². The van der Waals surface area contributed by atoms with E-state index in [0.29, 0.717) is 0 Å². The monoisotopic (exact) mass is 289 g/mol. The van der Waals surface area contributed by atoms with Gasteiger partial charge in [0.1, 0.15) is 0 Å². The number of aliphatic hydroxyl groups is 1. The Balaban J connectivity index is 0.00000324. The summed E-state index contributed by atoms with van der Waals surface area (Å²) in [6.45, 7) is 2.07. The van der Waals surface area contributed by atoms with E-state index in [9.17, 15) is 0 Å². The van der Waals surface area contributed by atoms with Crippen LogP contribution in [0.1, 0.15) is 24.8 Å². The fourth-order valence-electron chi connectivity index (χ4n) is 1.76. The number of ether oxygens (including phenoxy) is 2. The van der Waals surface area contributed by atoms with Crippen molar-refractivity contribution in [2.24, 2.45) is 0 Å². The van der Waals surface area contributed by atoms with Crippen LogP contribution in [-0.2, 0) is 6.54 Å². The fraction of sp³-hybridized carbons (Fsp3) is 0.571. The van der Waals surface area contributed by atoms with Gasteiger partial charge >= 0.3 is 0 Å². The smallest absolute Gasteiger partial charge is 0.161 e. The number of benzene rings is 1. The van der Waals surface area contributed by atoms with Gasteiger partial charge < -0.3 is 19.9 Å². The van der Waals surface area contributed by atoms with Crippen molar-refractivity contribution >= 4 is 12.4 Å². The maximum absolute atomic E-state index is 8.66. The number of methoxy groups -OCH3 is 2. The van der Waals surface area contributed by atoms with E-state index in [1.165, 1.54) is 5.56 Å². The molecule has 0 spiro atoms. The van der Waals surface area contributed by atoms with Gasteiger partial charge in [-0.05, 0) is 43.5 Å². The quantitative estimate of drug-likeness (QED) is 0.685. The molecule has 0 saturated carbocycles. The highest BCUT2D eigenvalue weighted by Crippen LogP contribution is 2.27. The molecule has 0 fully saturated rings. The molecule has 0 atom stereocenters. The molecule has 1 aromatic carbocycles. The summed E-state index contributed by atoms with van der Waals surface area (Å²) >= 11 is 0. The Hall–Kier alpha value is -0.970. The minimum Gasteiger partial charge on any atom is -0.493 e. The topological polar surface area (TPSA) is 50.7 Å². The lowest BCUT2D eigenvalue weighted by Gasteiger charge is -2.10. The molecule has 5 heteroatoms. The third-order valence-corrected chi connectivity index (χ3v) is 2.79. The van der Waals surface area contributed by atoms with Gasteiger partial charge in [0, 0.05) is 13.2 Å². The van der Waals surface area contributed by atoms with E-state index in [4.69, 9.17) is 14.6 Å². The number of aliphatic hydroxyl groups excluding tert-OH is 1. The van der Waals surface area contributed by atoms with Crippen molar-refractivity contribution in [2.45, 2.75) is 25.8 Å². The van der Waals surface area contributed by atoms with Crippen molar-refractivity contribution in [3.05, 3.63) is 23.8 Å². The summed E-state index contributed by atoms with van der Waals surface area (Å²) in [7, 11) is 3.28. The Morgan fingerprint density at radius 1 is 1.05 bits per heavy atom. The fourth-order valence-corrected chi connectivity index (χ4v) is 1.76. The molecule has 110 valence electrons. The van der Waals surface area contributed by atoms with Crippen molar-refractivity contribution in [2.75, 3.05) is 27.4 Å². The van der Waals surface area contributed by atoms with Crippen LogP contribution in [0, 0.1) is 0 Å². The predicted molar refractivity (Wildman–Crippen MR) is 79.4 cm³/mol. The molecular weight excluding hydrogens is 266 g/mol. The van der Waals surface area contributed by atoms with Crippen LogP contribution in [-0.4, -0.2) is 32.5 Å². The molecule has 0 heterocycles. The standard InChI is InChI=1S/C14H23NO3.ClH/c1-17-13-7-6-12(10-14(13)18-2)11-15-8-4-3-5-9-16;/h6-7,10,15-16H,3-5,8-9,11H2,1-2H3;1H. The van der Waals surface area contributed by atoms with Gasteiger partial charge in [-0.3, -0.25) is 0 Å². The number of hydrogen-bond acceptors (Lipinski definition) is 4. The van der Waals surface area contributed by atoms with Gasteiger partial charge in [-0.15, -0.1) is 12.4 Å². The zero-order chi connectivity index (χ0) is 13.2. The van der Waals surface area contributed by atoms with Gasteiger partial charge in [0.2, 0.25) is 0 Å². The average molecular weight is 290 g/mol. The van der Waals surface area contributed by atoms with Crippen molar-refractivity contribution in [1.82, 2.24) is 5.32 Å². The van der Waals surface area contributed by atoms with Gasteiger partial charge in [-0.25, -0.2) is 0 Å². The molecule has 2 N–H and O–H groups in total. The Bertz CT molecular complexity index is 347. The molecule has 0 aliphatic carbocycles. The number of unbranched alkanes of at least 4 members (excludes halogenated alkanes) is 2. The molecule has 0 radical (unpaired) electrons. The first-order chi connectivity index (χ1) is 8.81. The average Bonchev–Trinajstić information content (AvgIpc) is 2.42. The van der Waals surface area contributed by atoms with E-state index in [1.807, 2.05) is 18.2 Å². The maximum atomic E-state index is 8.66. The van der Waals surface area contributed by atoms with Gasteiger partial charge in [0.05, 0.1) is 14.2 Å². The van der Waals surface area contributed by atoms with E-state index in [2.05, 4.69) is 5.32 Å². The zero-order valence-electron chi connectivity index (χ0n) is 11.6. The lowest BCUT2D eigenvalue weighted by molar-refractivity contribution is 0.283. The van der Waals surface area contributed by atoms with Crippen LogP contribution in [0.4, 0.5) is 0 Å². The van der Waals surface area contributed by atoms with Crippen LogP contribution >= 0.6 is 12.4 Å². The Labute approximate surface area is 121 Å². The van der Waals surface area contributed by atoms with Gasteiger partial charge in [0.25, 0.3) is 0 Å². The Kier molecular flexibility index (Phi) is 10.4. The number of rotatable bonds is 9. The first-order valence-electron chi connectivity index (χ1n) is 6.34. The van der Waals surface area contributed by atoms with Crippen LogP contribution < -0.4 is 14.8 Å². The summed E-state index contributed by atoms with van der Waals surface area (Å²) in [4.78, 5) is 0. The van der Waals surface area contributed by atoms with E-state index in [-0.39, 0.29) is 19.0 Å². The van der Waals surface area contributed by atoms with Crippen LogP contribution in [0.25, 0.3) is 0 Å². The highest BCUT2D eigenvalue weighted by atomic mass is 35.5. The number of halogens is 1. The second kappa shape index (κ2) is 10.9. The molecule has 0 amide bonds. The molecule has 0 aliphatic rings. The molecule has 0 saturated heterocycles. The van der Waals surface area contributed by atoms with Crippen molar-refractivity contribution < 1.29 is 14.6 Å². The SMILES string of the molecule is COc1ccc(CNCCCCCO)cc1OC.Cl. The van der Waals surface area contributed by atoms with Crippen LogP contribution in [0.15, 0.2) is 18.2 Å². The third kappa shape index (κ3) is 6.66. The summed E-state index contributed by atoms with van der Waals surface area (Å²) < 4.78 is 10.4.